The summed E-state index contributed by atoms with van der Waals surface area (Å²) in [7, 11) is 1.29. The van der Waals surface area contributed by atoms with Crippen molar-refractivity contribution >= 4 is 34.4 Å². The van der Waals surface area contributed by atoms with Gasteiger partial charge in [-0.25, -0.2) is 14.6 Å². The average molecular weight is 364 g/mol. The molecule has 3 rings (SSSR count). The summed E-state index contributed by atoms with van der Waals surface area (Å²) in [5, 5.41) is 3.48. The highest BCUT2D eigenvalue weighted by atomic mass is 16.5. The molecule has 3 aromatic rings. The van der Waals surface area contributed by atoms with Crippen molar-refractivity contribution in [2.75, 3.05) is 19.0 Å². The zero-order valence-corrected chi connectivity index (χ0v) is 14.5. The number of aromatic nitrogens is 1. The molecule has 0 unspecified atom stereocenters. The molecule has 0 bridgehead atoms. The number of ether oxygens (including phenoxy) is 2. The van der Waals surface area contributed by atoms with E-state index < -0.39 is 24.5 Å². The molecule has 0 radical (unpaired) electrons. The molecule has 0 saturated carbocycles. The van der Waals surface area contributed by atoms with Gasteiger partial charge in [-0.05, 0) is 36.4 Å². The van der Waals surface area contributed by atoms with Crippen molar-refractivity contribution in [3.63, 3.8) is 0 Å². The summed E-state index contributed by atoms with van der Waals surface area (Å²) in [6, 6.07) is 16.8. The van der Waals surface area contributed by atoms with Crippen LogP contribution in [0.25, 0.3) is 10.9 Å². The summed E-state index contributed by atoms with van der Waals surface area (Å²) in [5.41, 5.74) is 1.63. The Morgan fingerprint density at radius 1 is 0.926 bits per heavy atom. The predicted molar refractivity (Wildman–Crippen MR) is 98.4 cm³/mol. The van der Waals surface area contributed by atoms with E-state index in [4.69, 9.17) is 4.74 Å². The Morgan fingerprint density at radius 3 is 2.41 bits per heavy atom. The molecule has 7 nitrogen and oxygen atoms in total. The van der Waals surface area contributed by atoms with E-state index in [1.807, 2.05) is 18.2 Å². The van der Waals surface area contributed by atoms with E-state index in [0.29, 0.717) is 16.8 Å². The number of hydrogen-bond acceptors (Lipinski definition) is 6. The van der Waals surface area contributed by atoms with Gasteiger partial charge < -0.3 is 14.8 Å². The Balaban J connectivity index is 1.56. The summed E-state index contributed by atoms with van der Waals surface area (Å²) >= 11 is 0. The summed E-state index contributed by atoms with van der Waals surface area (Å²) in [5.74, 6) is -1.66. The second kappa shape index (κ2) is 8.09. The van der Waals surface area contributed by atoms with Crippen molar-refractivity contribution in [1.82, 2.24) is 4.98 Å². The summed E-state index contributed by atoms with van der Waals surface area (Å²) in [4.78, 5) is 39.6. The van der Waals surface area contributed by atoms with Crippen molar-refractivity contribution in [3.05, 3.63) is 71.9 Å². The second-order valence-corrected chi connectivity index (χ2v) is 5.58. The number of fused-ring (bicyclic) bond motifs is 1. The fourth-order valence-corrected chi connectivity index (χ4v) is 2.39. The molecule has 1 N–H and O–H groups in total. The first kappa shape index (κ1) is 18.1. The number of para-hydroxylation sites is 1. The Kier molecular flexibility index (Phi) is 5.41. The molecule has 7 heteroatoms. The van der Waals surface area contributed by atoms with E-state index in [1.54, 1.807) is 30.3 Å². The number of pyridine rings is 1. The highest BCUT2D eigenvalue weighted by molar-refractivity contribution is 5.96. The fraction of sp³-hybridized carbons (Fsp3) is 0.100. The lowest BCUT2D eigenvalue weighted by atomic mass is 10.2. The van der Waals surface area contributed by atoms with Crippen LogP contribution in [-0.4, -0.2) is 36.5 Å². The standard InChI is InChI=1S/C20H16N2O5/c1-26-19(24)14-6-9-15(10-7-14)21-18(23)12-27-20(25)17-11-8-13-4-2-3-5-16(13)22-17/h2-11H,12H2,1H3,(H,21,23). The predicted octanol–water partition coefficient (Wildman–Crippen LogP) is 2.82. The van der Waals surface area contributed by atoms with Crippen molar-refractivity contribution in [2.24, 2.45) is 0 Å². The maximum absolute atomic E-state index is 12.1. The molecule has 1 heterocycles. The highest BCUT2D eigenvalue weighted by Gasteiger charge is 2.13. The van der Waals surface area contributed by atoms with Gasteiger partial charge in [0, 0.05) is 11.1 Å². The first-order chi connectivity index (χ1) is 13.1. The van der Waals surface area contributed by atoms with Crippen LogP contribution in [0.1, 0.15) is 20.8 Å². The van der Waals surface area contributed by atoms with Gasteiger partial charge in [-0.15, -0.1) is 0 Å². The Labute approximate surface area is 154 Å². The number of nitrogens with one attached hydrogen (secondary N) is 1. The topological polar surface area (TPSA) is 94.6 Å². The van der Waals surface area contributed by atoms with Crippen LogP contribution in [0, 0.1) is 0 Å². The molecular formula is C20H16N2O5. The van der Waals surface area contributed by atoms with Gasteiger partial charge in [0.2, 0.25) is 0 Å². The van der Waals surface area contributed by atoms with Gasteiger partial charge in [-0.1, -0.05) is 24.3 Å². The van der Waals surface area contributed by atoms with E-state index in [-0.39, 0.29) is 5.69 Å². The van der Waals surface area contributed by atoms with Crippen LogP contribution in [0.2, 0.25) is 0 Å². The lowest BCUT2D eigenvalue weighted by molar-refractivity contribution is -0.119. The van der Waals surface area contributed by atoms with E-state index in [0.717, 1.165) is 5.39 Å². The fourth-order valence-electron chi connectivity index (χ4n) is 2.39. The van der Waals surface area contributed by atoms with E-state index in [9.17, 15) is 14.4 Å². The number of benzene rings is 2. The molecule has 0 atom stereocenters. The lowest BCUT2D eigenvalue weighted by Crippen LogP contribution is -2.21. The number of carbonyl (C=O) groups excluding carboxylic acids is 3. The SMILES string of the molecule is COC(=O)c1ccc(NC(=O)COC(=O)c2ccc3ccccc3n2)cc1. The van der Waals surface area contributed by atoms with Crippen LogP contribution in [0.15, 0.2) is 60.7 Å². The van der Waals surface area contributed by atoms with Gasteiger partial charge in [0.05, 0.1) is 18.2 Å². The summed E-state index contributed by atoms with van der Waals surface area (Å²) in [6.45, 7) is -0.452. The minimum absolute atomic E-state index is 0.129. The monoisotopic (exact) mass is 364 g/mol. The number of rotatable bonds is 5. The van der Waals surface area contributed by atoms with Gasteiger partial charge in [-0.3, -0.25) is 4.79 Å². The molecule has 0 fully saturated rings. The van der Waals surface area contributed by atoms with Crippen LogP contribution in [0.5, 0.6) is 0 Å². The lowest BCUT2D eigenvalue weighted by Gasteiger charge is -2.07. The largest absolute Gasteiger partial charge is 0.465 e. The smallest absolute Gasteiger partial charge is 0.357 e. The third kappa shape index (κ3) is 4.46. The van der Waals surface area contributed by atoms with Crippen LogP contribution in [0.3, 0.4) is 0 Å². The zero-order chi connectivity index (χ0) is 19.2. The molecule has 0 aliphatic carbocycles. The van der Waals surface area contributed by atoms with Crippen molar-refractivity contribution in [1.29, 1.82) is 0 Å². The first-order valence-corrected chi connectivity index (χ1v) is 8.08. The van der Waals surface area contributed by atoms with Gasteiger partial charge in [0.25, 0.3) is 5.91 Å². The van der Waals surface area contributed by atoms with Crippen LogP contribution in [-0.2, 0) is 14.3 Å². The molecule has 136 valence electrons. The molecule has 1 aromatic heterocycles. The van der Waals surface area contributed by atoms with Gasteiger partial charge in [0.15, 0.2) is 6.61 Å². The maximum atomic E-state index is 12.1. The summed E-state index contributed by atoms with van der Waals surface area (Å²) < 4.78 is 9.60. The minimum Gasteiger partial charge on any atom is -0.465 e. The number of nitrogens with zero attached hydrogens (tertiary/aromatic N) is 1. The van der Waals surface area contributed by atoms with E-state index in [2.05, 4.69) is 15.0 Å². The Hall–Kier alpha value is -3.74. The number of esters is 2. The molecule has 1 amide bonds. The van der Waals surface area contributed by atoms with Crippen molar-refractivity contribution in [3.8, 4) is 0 Å². The number of amides is 1. The van der Waals surface area contributed by atoms with Crippen LogP contribution < -0.4 is 5.32 Å². The third-order valence-corrected chi connectivity index (χ3v) is 3.73. The Bertz CT molecular complexity index is 999. The van der Waals surface area contributed by atoms with Crippen molar-refractivity contribution in [2.45, 2.75) is 0 Å². The molecule has 0 spiro atoms. The van der Waals surface area contributed by atoms with Gasteiger partial charge in [0.1, 0.15) is 5.69 Å². The minimum atomic E-state index is -0.683. The highest BCUT2D eigenvalue weighted by Crippen LogP contribution is 2.13. The molecular weight excluding hydrogens is 348 g/mol. The van der Waals surface area contributed by atoms with Crippen molar-refractivity contribution < 1.29 is 23.9 Å². The van der Waals surface area contributed by atoms with Crippen LogP contribution >= 0.6 is 0 Å². The van der Waals surface area contributed by atoms with Gasteiger partial charge in [-0.2, -0.15) is 0 Å². The molecule has 0 saturated heterocycles. The maximum Gasteiger partial charge on any atom is 0.357 e. The number of methoxy groups -OCH3 is 1. The second-order valence-electron chi connectivity index (χ2n) is 5.58. The Morgan fingerprint density at radius 2 is 1.67 bits per heavy atom. The van der Waals surface area contributed by atoms with Crippen LogP contribution in [0.4, 0.5) is 5.69 Å². The number of hydrogen-bond donors (Lipinski definition) is 1. The van der Waals surface area contributed by atoms with E-state index in [1.165, 1.54) is 19.2 Å². The zero-order valence-electron chi connectivity index (χ0n) is 14.5. The first-order valence-electron chi connectivity index (χ1n) is 8.08. The number of carbonyl (C=O) groups is 3. The van der Waals surface area contributed by atoms with Gasteiger partial charge >= 0.3 is 11.9 Å². The molecule has 27 heavy (non-hydrogen) atoms. The number of anilines is 1. The molecule has 2 aromatic carbocycles. The quantitative estimate of drug-likeness (QED) is 0.700. The third-order valence-electron chi connectivity index (χ3n) is 3.73. The molecule has 0 aliphatic rings. The van der Waals surface area contributed by atoms with E-state index >= 15 is 0 Å². The normalized spacial score (nSPS) is 10.3. The molecule has 0 aliphatic heterocycles. The summed E-state index contributed by atoms with van der Waals surface area (Å²) in [6.07, 6.45) is 0. The average Bonchev–Trinajstić information content (AvgIpc) is 2.71.